The van der Waals surface area contributed by atoms with Crippen molar-refractivity contribution in [2.24, 2.45) is 0 Å². The van der Waals surface area contributed by atoms with Crippen molar-refractivity contribution >= 4 is 23.5 Å². The average Bonchev–Trinajstić information content (AvgIpc) is 2.77. The highest BCUT2D eigenvalue weighted by molar-refractivity contribution is 5.92. The fraction of sp³-hybridized carbons (Fsp3) is 0.250. The normalized spacial score (nSPS) is 16.2. The summed E-state index contributed by atoms with van der Waals surface area (Å²) in [5, 5.41) is 21.3. The maximum Gasteiger partial charge on any atom is 0.335 e. The Hall–Kier alpha value is -3.35. The van der Waals surface area contributed by atoms with Gasteiger partial charge in [-0.2, -0.15) is 0 Å². The van der Waals surface area contributed by atoms with E-state index in [-0.39, 0.29) is 17.9 Å². The molecule has 3 rings (SSSR count). The van der Waals surface area contributed by atoms with Gasteiger partial charge in [0.25, 0.3) is 0 Å². The van der Waals surface area contributed by atoms with Gasteiger partial charge in [-0.1, -0.05) is 36.4 Å². The smallest absolute Gasteiger partial charge is 0.335 e. The van der Waals surface area contributed by atoms with Crippen LogP contribution in [0.1, 0.15) is 27.9 Å². The quantitative estimate of drug-likeness (QED) is 0.722. The van der Waals surface area contributed by atoms with Crippen LogP contribution in [0.15, 0.2) is 48.5 Å². The zero-order valence-electron chi connectivity index (χ0n) is 14.6. The molecule has 27 heavy (non-hydrogen) atoms. The molecule has 0 spiro atoms. The van der Waals surface area contributed by atoms with Crippen molar-refractivity contribution in [2.45, 2.75) is 25.4 Å². The third-order valence-electron chi connectivity index (χ3n) is 4.55. The Kier molecular flexibility index (Phi) is 5.40. The number of carboxylic acid groups (broad SMARTS) is 2. The van der Waals surface area contributed by atoms with Crippen LogP contribution >= 0.6 is 0 Å². The van der Waals surface area contributed by atoms with Crippen molar-refractivity contribution in [2.75, 3.05) is 11.9 Å². The predicted molar refractivity (Wildman–Crippen MR) is 98.6 cm³/mol. The Morgan fingerprint density at radius 1 is 1.11 bits per heavy atom. The largest absolute Gasteiger partial charge is 0.481 e. The summed E-state index contributed by atoms with van der Waals surface area (Å²) in [6.45, 7) is 0.741. The van der Waals surface area contributed by atoms with Gasteiger partial charge in [0.2, 0.25) is 5.91 Å². The molecule has 0 bridgehead atoms. The molecule has 140 valence electrons. The molecule has 3 N–H and O–H groups in total. The molecular weight excluding hydrogens is 348 g/mol. The van der Waals surface area contributed by atoms with Gasteiger partial charge in [0.1, 0.15) is 6.04 Å². The third kappa shape index (κ3) is 4.44. The number of anilines is 1. The van der Waals surface area contributed by atoms with Gasteiger partial charge in [-0.15, -0.1) is 0 Å². The van der Waals surface area contributed by atoms with Crippen LogP contribution in [0.5, 0.6) is 0 Å². The second kappa shape index (κ2) is 7.90. The van der Waals surface area contributed by atoms with Crippen molar-refractivity contribution in [3.05, 3.63) is 65.2 Å². The van der Waals surface area contributed by atoms with E-state index in [0.29, 0.717) is 25.2 Å². The molecule has 0 fully saturated rings. The summed E-state index contributed by atoms with van der Waals surface area (Å²) in [4.78, 5) is 36.9. The molecular formula is C20H20N2O5. The van der Waals surface area contributed by atoms with Crippen LogP contribution in [0.3, 0.4) is 0 Å². The summed E-state index contributed by atoms with van der Waals surface area (Å²) in [6.07, 6.45) is 0.270. The van der Waals surface area contributed by atoms with E-state index >= 15 is 0 Å². The van der Waals surface area contributed by atoms with E-state index in [1.54, 1.807) is 11.0 Å². The van der Waals surface area contributed by atoms with E-state index in [2.05, 4.69) is 5.32 Å². The molecule has 1 unspecified atom stereocenters. The molecule has 0 aliphatic carbocycles. The van der Waals surface area contributed by atoms with Gasteiger partial charge in [0.05, 0.1) is 12.0 Å². The molecule has 2 aromatic rings. The third-order valence-corrected chi connectivity index (χ3v) is 4.55. The van der Waals surface area contributed by atoms with E-state index < -0.39 is 18.0 Å². The zero-order valence-corrected chi connectivity index (χ0v) is 14.6. The first-order valence-corrected chi connectivity index (χ1v) is 8.61. The van der Waals surface area contributed by atoms with Gasteiger partial charge in [-0.25, -0.2) is 4.79 Å². The number of carbonyl (C=O) groups excluding carboxylic acids is 1. The molecule has 2 aromatic carbocycles. The van der Waals surface area contributed by atoms with Crippen molar-refractivity contribution in [3.8, 4) is 0 Å². The van der Waals surface area contributed by atoms with Crippen LogP contribution in [0.2, 0.25) is 0 Å². The van der Waals surface area contributed by atoms with E-state index in [9.17, 15) is 19.5 Å². The molecule has 1 atom stereocenters. The first kappa shape index (κ1) is 18.4. The second-order valence-electron chi connectivity index (χ2n) is 6.47. The molecule has 1 amide bonds. The Balaban J connectivity index is 1.87. The number of carbonyl (C=O) groups is 3. The molecule has 0 radical (unpaired) electrons. The van der Waals surface area contributed by atoms with Gasteiger partial charge < -0.3 is 20.4 Å². The molecule has 7 nitrogen and oxygen atoms in total. The monoisotopic (exact) mass is 368 g/mol. The molecule has 0 aromatic heterocycles. The summed E-state index contributed by atoms with van der Waals surface area (Å²) in [7, 11) is 0. The minimum Gasteiger partial charge on any atom is -0.481 e. The molecule has 0 saturated carbocycles. The number of hydrogen-bond donors (Lipinski definition) is 3. The van der Waals surface area contributed by atoms with Crippen LogP contribution in [-0.4, -0.2) is 45.5 Å². The number of carboxylic acids is 2. The SMILES string of the molecule is O=C(O)CC1Nc2cc(C(=O)O)ccc2CN(CCc2ccccc2)C1=O. The molecule has 1 aliphatic rings. The Labute approximate surface area is 156 Å². The van der Waals surface area contributed by atoms with Crippen LogP contribution in [0.4, 0.5) is 5.69 Å². The van der Waals surface area contributed by atoms with Gasteiger partial charge in [-0.3, -0.25) is 9.59 Å². The number of fused-ring (bicyclic) bond motifs is 1. The summed E-state index contributed by atoms with van der Waals surface area (Å²) in [6, 6.07) is 13.4. The molecule has 1 heterocycles. The lowest BCUT2D eigenvalue weighted by Gasteiger charge is -2.24. The lowest BCUT2D eigenvalue weighted by molar-refractivity contribution is -0.141. The van der Waals surface area contributed by atoms with Crippen molar-refractivity contribution in [1.29, 1.82) is 0 Å². The average molecular weight is 368 g/mol. The fourth-order valence-corrected chi connectivity index (χ4v) is 3.15. The van der Waals surface area contributed by atoms with Gasteiger partial charge in [-0.05, 0) is 29.7 Å². The number of benzene rings is 2. The second-order valence-corrected chi connectivity index (χ2v) is 6.47. The van der Waals surface area contributed by atoms with Crippen LogP contribution in [-0.2, 0) is 22.6 Å². The van der Waals surface area contributed by atoms with E-state index in [4.69, 9.17) is 5.11 Å². The highest BCUT2D eigenvalue weighted by Crippen LogP contribution is 2.26. The van der Waals surface area contributed by atoms with Gasteiger partial charge >= 0.3 is 11.9 Å². The Morgan fingerprint density at radius 2 is 1.85 bits per heavy atom. The predicted octanol–water partition coefficient (Wildman–Crippen LogP) is 2.22. The minimum absolute atomic E-state index is 0.0838. The number of aliphatic carboxylic acids is 1. The van der Waals surface area contributed by atoms with Gasteiger partial charge in [0.15, 0.2) is 0 Å². The zero-order chi connectivity index (χ0) is 19.4. The van der Waals surface area contributed by atoms with E-state index in [1.807, 2.05) is 30.3 Å². The standard InChI is InChI=1S/C20H20N2O5/c23-18(24)11-17-19(25)22(9-8-13-4-2-1-3-5-13)12-15-7-6-14(20(26)27)10-16(15)21-17/h1-7,10,17,21H,8-9,11-12H2,(H,23,24)(H,26,27). The summed E-state index contributed by atoms with van der Waals surface area (Å²) in [5.41, 5.74) is 2.41. The van der Waals surface area contributed by atoms with Crippen LogP contribution < -0.4 is 5.32 Å². The molecule has 7 heteroatoms. The van der Waals surface area contributed by atoms with Crippen molar-refractivity contribution in [1.82, 2.24) is 4.90 Å². The summed E-state index contributed by atoms with van der Waals surface area (Å²) >= 11 is 0. The number of hydrogen-bond acceptors (Lipinski definition) is 4. The van der Waals surface area contributed by atoms with Crippen LogP contribution in [0.25, 0.3) is 0 Å². The van der Waals surface area contributed by atoms with Crippen LogP contribution in [0, 0.1) is 0 Å². The highest BCUT2D eigenvalue weighted by atomic mass is 16.4. The molecule has 0 saturated heterocycles. The number of amides is 1. The maximum absolute atomic E-state index is 12.9. The molecule has 1 aliphatic heterocycles. The minimum atomic E-state index is -1.10. The first-order valence-electron chi connectivity index (χ1n) is 8.61. The lowest BCUT2D eigenvalue weighted by Crippen LogP contribution is -2.42. The van der Waals surface area contributed by atoms with E-state index in [1.165, 1.54) is 12.1 Å². The first-order chi connectivity index (χ1) is 12.9. The Morgan fingerprint density at radius 3 is 2.52 bits per heavy atom. The summed E-state index contributed by atoms with van der Waals surface area (Å²) < 4.78 is 0. The topological polar surface area (TPSA) is 107 Å². The maximum atomic E-state index is 12.9. The summed E-state index contributed by atoms with van der Waals surface area (Å²) in [5.74, 6) is -2.48. The highest BCUT2D eigenvalue weighted by Gasteiger charge is 2.31. The Bertz CT molecular complexity index is 866. The number of nitrogens with one attached hydrogen (secondary N) is 1. The van der Waals surface area contributed by atoms with E-state index in [0.717, 1.165) is 11.1 Å². The number of rotatable bonds is 6. The number of aromatic carboxylic acids is 1. The fourth-order valence-electron chi connectivity index (χ4n) is 3.15. The van der Waals surface area contributed by atoms with Crippen molar-refractivity contribution in [3.63, 3.8) is 0 Å². The lowest BCUT2D eigenvalue weighted by atomic mass is 10.1. The van der Waals surface area contributed by atoms with Crippen molar-refractivity contribution < 1.29 is 24.6 Å². The van der Waals surface area contributed by atoms with Gasteiger partial charge in [0, 0.05) is 18.8 Å². The number of nitrogens with zero attached hydrogens (tertiary/aromatic N) is 1.